The molecular formula is C13H23N3O2. The smallest absolute Gasteiger partial charge is 0.236 e. The summed E-state index contributed by atoms with van der Waals surface area (Å²) >= 11 is 0. The van der Waals surface area contributed by atoms with E-state index in [0.717, 1.165) is 12.8 Å². The minimum absolute atomic E-state index is 0.0304. The predicted octanol–water partition coefficient (Wildman–Crippen LogP) is 1.55. The highest BCUT2D eigenvalue weighted by molar-refractivity contribution is 6.07. The first kappa shape index (κ1) is 13.2. The van der Waals surface area contributed by atoms with Crippen molar-refractivity contribution < 1.29 is 10.0 Å². The van der Waals surface area contributed by atoms with Crippen LogP contribution in [0.25, 0.3) is 0 Å². The molecule has 2 aliphatic carbocycles. The molecule has 0 atom stereocenters. The van der Waals surface area contributed by atoms with Crippen LogP contribution in [0.2, 0.25) is 0 Å². The summed E-state index contributed by atoms with van der Waals surface area (Å²) in [5.74, 6) is 0.574. The summed E-state index contributed by atoms with van der Waals surface area (Å²) in [5, 5.41) is 12.0. The Balaban J connectivity index is 2.14. The van der Waals surface area contributed by atoms with Crippen LogP contribution < -0.4 is 5.73 Å². The van der Waals surface area contributed by atoms with Crippen LogP contribution in [0.1, 0.15) is 45.4 Å². The number of hydrogen-bond donors (Lipinski definition) is 2. The van der Waals surface area contributed by atoms with Crippen LogP contribution in [0.4, 0.5) is 0 Å². The fourth-order valence-corrected chi connectivity index (χ4v) is 3.51. The zero-order valence-electron chi connectivity index (χ0n) is 11.2. The number of oxime groups is 1. The molecular weight excluding hydrogens is 230 g/mol. The largest absolute Gasteiger partial charge is 0.409 e. The van der Waals surface area contributed by atoms with Gasteiger partial charge in [-0.2, -0.15) is 0 Å². The summed E-state index contributed by atoms with van der Waals surface area (Å²) in [6.45, 7) is 2.09. The van der Waals surface area contributed by atoms with E-state index in [2.05, 4.69) is 12.1 Å². The van der Waals surface area contributed by atoms with E-state index in [1.807, 2.05) is 11.9 Å². The van der Waals surface area contributed by atoms with Crippen molar-refractivity contribution in [1.29, 1.82) is 0 Å². The Kier molecular flexibility index (Phi) is 3.50. The Morgan fingerprint density at radius 2 is 1.94 bits per heavy atom. The highest BCUT2D eigenvalue weighted by atomic mass is 16.4. The van der Waals surface area contributed by atoms with E-state index in [9.17, 15) is 4.79 Å². The topological polar surface area (TPSA) is 78.9 Å². The number of rotatable bonds is 3. The van der Waals surface area contributed by atoms with E-state index in [0.29, 0.717) is 24.8 Å². The summed E-state index contributed by atoms with van der Waals surface area (Å²) < 4.78 is 0. The minimum Gasteiger partial charge on any atom is -0.409 e. The van der Waals surface area contributed by atoms with Crippen LogP contribution in [-0.4, -0.2) is 34.9 Å². The van der Waals surface area contributed by atoms with E-state index in [1.54, 1.807) is 0 Å². The summed E-state index contributed by atoms with van der Waals surface area (Å²) in [4.78, 5) is 14.5. The van der Waals surface area contributed by atoms with Crippen LogP contribution in [-0.2, 0) is 4.79 Å². The van der Waals surface area contributed by atoms with Gasteiger partial charge >= 0.3 is 0 Å². The molecule has 0 aromatic carbocycles. The molecule has 1 amide bonds. The molecule has 0 radical (unpaired) electrons. The van der Waals surface area contributed by atoms with Gasteiger partial charge in [0.25, 0.3) is 0 Å². The second-order valence-corrected chi connectivity index (χ2v) is 5.94. The highest BCUT2D eigenvalue weighted by Crippen LogP contribution is 2.47. The van der Waals surface area contributed by atoms with Gasteiger partial charge in [-0.15, -0.1) is 0 Å². The van der Waals surface area contributed by atoms with Crippen molar-refractivity contribution in [1.82, 2.24) is 4.90 Å². The van der Waals surface area contributed by atoms with Crippen molar-refractivity contribution >= 4 is 11.7 Å². The fraction of sp³-hybridized carbons (Fsp3) is 0.846. The van der Waals surface area contributed by atoms with Crippen LogP contribution in [0, 0.1) is 11.3 Å². The highest BCUT2D eigenvalue weighted by Gasteiger charge is 2.53. The zero-order valence-corrected chi connectivity index (χ0v) is 11.2. The molecule has 18 heavy (non-hydrogen) atoms. The first-order valence-electron chi connectivity index (χ1n) is 6.76. The van der Waals surface area contributed by atoms with Crippen LogP contribution in [0.15, 0.2) is 5.16 Å². The van der Waals surface area contributed by atoms with Gasteiger partial charge < -0.3 is 15.8 Å². The maximum atomic E-state index is 12.6. The lowest BCUT2D eigenvalue weighted by atomic mass is 9.61. The summed E-state index contributed by atoms with van der Waals surface area (Å²) in [5.41, 5.74) is 5.02. The van der Waals surface area contributed by atoms with Gasteiger partial charge in [-0.3, -0.25) is 4.79 Å². The van der Waals surface area contributed by atoms with Gasteiger partial charge in [-0.1, -0.05) is 24.9 Å². The molecule has 2 aliphatic rings. The molecule has 0 saturated heterocycles. The second-order valence-electron chi connectivity index (χ2n) is 5.94. The maximum Gasteiger partial charge on any atom is 0.236 e. The number of nitrogens with zero attached hydrogens (tertiary/aromatic N) is 2. The van der Waals surface area contributed by atoms with Gasteiger partial charge in [0.15, 0.2) is 5.84 Å². The Morgan fingerprint density at radius 3 is 2.39 bits per heavy atom. The number of amidine groups is 1. The van der Waals surface area contributed by atoms with E-state index < -0.39 is 5.41 Å². The quantitative estimate of drug-likeness (QED) is 0.346. The van der Waals surface area contributed by atoms with Gasteiger partial charge in [0.2, 0.25) is 5.91 Å². The van der Waals surface area contributed by atoms with Gasteiger partial charge in [0.05, 0.1) is 0 Å². The molecule has 2 saturated carbocycles. The molecule has 0 unspecified atom stereocenters. The van der Waals surface area contributed by atoms with Crippen molar-refractivity contribution in [3.05, 3.63) is 0 Å². The Hall–Kier alpha value is -1.26. The molecule has 5 nitrogen and oxygen atoms in total. The van der Waals surface area contributed by atoms with Crippen molar-refractivity contribution in [2.75, 3.05) is 7.05 Å². The van der Waals surface area contributed by atoms with E-state index in [-0.39, 0.29) is 11.7 Å². The molecule has 0 spiro atoms. The first-order chi connectivity index (χ1) is 8.51. The summed E-state index contributed by atoms with van der Waals surface area (Å²) in [6, 6.07) is 0.330. The van der Waals surface area contributed by atoms with Gasteiger partial charge in [0, 0.05) is 13.1 Å². The molecule has 0 heterocycles. The van der Waals surface area contributed by atoms with Gasteiger partial charge in [0.1, 0.15) is 5.41 Å². The number of nitrogens with two attached hydrogens (primary N) is 1. The minimum atomic E-state index is -0.745. The SMILES string of the molecule is CC1CC(C(=O)N(C)C2CCCC2)(C(N)=NO)C1. The van der Waals surface area contributed by atoms with Crippen LogP contribution >= 0.6 is 0 Å². The van der Waals surface area contributed by atoms with Crippen LogP contribution in [0.5, 0.6) is 0 Å². The number of amides is 1. The lowest BCUT2D eigenvalue weighted by molar-refractivity contribution is -0.145. The normalized spacial score (nSPS) is 33.2. The Bertz CT molecular complexity index is 355. The van der Waals surface area contributed by atoms with E-state index >= 15 is 0 Å². The molecule has 2 rings (SSSR count). The van der Waals surface area contributed by atoms with Crippen LogP contribution in [0.3, 0.4) is 0 Å². The third-order valence-corrected chi connectivity index (χ3v) is 4.59. The molecule has 0 bridgehead atoms. The second kappa shape index (κ2) is 4.78. The Morgan fingerprint density at radius 1 is 1.39 bits per heavy atom. The fourth-order valence-electron chi connectivity index (χ4n) is 3.51. The number of hydrogen-bond acceptors (Lipinski definition) is 3. The van der Waals surface area contributed by atoms with Crippen molar-refractivity contribution in [3.8, 4) is 0 Å². The predicted molar refractivity (Wildman–Crippen MR) is 69.3 cm³/mol. The monoisotopic (exact) mass is 253 g/mol. The summed E-state index contributed by atoms with van der Waals surface area (Å²) in [6.07, 6.45) is 5.91. The average molecular weight is 253 g/mol. The summed E-state index contributed by atoms with van der Waals surface area (Å²) in [7, 11) is 1.85. The lowest BCUT2D eigenvalue weighted by Gasteiger charge is -2.46. The zero-order chi connectivity index (χ0) is 13.3. The Labute approximate surface area is 108 Å². The van der Waals surface area contributed by atoms with Crippen molar-refractivity contribution in [2.24, 2.45) is 22.2 Å². The molecule has 0 aromatic heterocycles. The van der Waals surface area contributed by atoms with Gasteiger partial charge in [-0.05, 0) is 31.6 Å². The van der Waals surface area contributed by atoms with Crippen molar-refractivity contribution in [3.63, 3.8) is 0 Å². The number of carbonyl (C=O) groups is 1. The van der Waals surface area contributed by atoms with E-state index in [4.69, 9.17) is 10.9 Å². The standard InChI is InChI=1S/C13H23N3O2/c1-9-7-13(8-9,11(14)15-18)12(17)16(2)10-5-3-4-6-10/h9-10,18H,3-8H2,1-2H3,(H2,14,15). The van der Waals surface area contributed by atoms with Gasteiger partial charge in [-0.25, -0.2) is 0 Å². The molecule has 3 N–H and O–H groups in total. The number of carbonyl (C=O) groups excluding carboxylic acids is 1. The lowest BCUT2D eigenvalue weighted by Crippen LogP contribution is -2.58. The molecule has 0 aliphatic heterocycles. The molecule has 0 aromatic rings. The van der Waals surface area contributed by atoms with E-state index in [1.165, 1.54) is 12.8 Å². The third kappa shape index (κ3) is 1.95. The third-order valence-electron chi connectivity index (χ3n) is 4.59. The first-order valence-corrected chi connectivity index (χ1v) is 6.76. The average Bonchev–Trinajstić information content (AvgIpc) is 2.85. The van der Waals surface area contributed by atoms with Crippen molar-refractivity contribution in [2.45, 2.75) is 51.5 Å². The maximum absolute atomic E-state index is 12.6. The molecule has 5 heteroatoms. The molecule has 2 fully saturated rings. The molecule has 102 valence electrons.